The number of amides is 2. The molecule has 3 rings (SSSR count). The molecule has 0 aromatic heterocycles. The Labute approximate surface area is 154 Å². The zero-order valence-corrected chi connectivity index (χ0v) is 15.1. The fraction of sp³-hybridized carbons (Fsp3) is 0.263. The standard InChI is InChI=1S/C19H21N3O2.ClH/c1-21(2)16-10-8-15(9-11-16)20-19(24)14-12-18(23)22(13-14)17-6-4-3-5-7-17;/h3-11,14H,12-13H2,1-2H3,(H,20,24);1H. The van der Waals surface area contributed by atoms with Crippen LogP contribution in [0.25, 0.3) is 0 Å². The van der Waals surface area contributed by atoms with Crippen LogP contribution in [0.3, 0.4) is 0 Å². The van der Waals surface area contributed by atoms with E-state index in [0.29, 0.717) is 6.54 Å². The minimum Gasteiger partial charge on any atom is -0.378 e. The number of nitrogens with one attached hydrogen (secondary N) is 1. The van der Waals surface area contributed by atoms with Gasteiger partial charge in [0, 0.05) is 44.1 Å². The van der Waals surface area contributed by atoms with Crippen LogP contribution in [-0.4, -0.2) is 32.5 Å². The highest BCUT2D eigenvalue weighted by Gasteiger charge is 2.35. The molecule has 0 saturated carbocycles. The lowest BCUT2D eigenvalue weighted by Gasteiger charge is -2.17. The average Bonchev–Trinajstić information content (AvgIpc) is 2.98. The normalized spacial score (nSPS) is 16.3. The summed E-state index contributed by atoms with van der Waals surface area (Å²) in [4.78, 5) is 28.3. The van der Waals surface area contributed by atoms with Crippen molar-refractivity contribution in [3.63, 3.8) is 0 Å². The summed E-state index contributed by atoms with van der Waals surface area (Å²) in [5.41, 5.74) is 2.66. The van der Waals surface area contributed by atoms with Gasteiger partial charge in [-0.15, -0.1) is 12.4 Å². The summed E-state index contributed by atoms with van der Waals surface area (Å²) >= 11 is 0. The second kappa shape index (κ2) is 8.03. The third-order valence-corrected chi connectivity index (χ3v) is 4.21. The number of para-hydroxylation sites is 1. The molecule has 1 unspecified atom stereocenters. The second-order valence-corrected chi connectivity index (χ2v) is 6.17. The first-order valence-corrected chi connectivity index (χ1v) is 7.98. The fourth-order valence-corrected chi connectivity index (χ4v) is 2.83. The molecule has 1 atom stereocenters. The molecule has 2 aromatic carbocycles. The van der Waals surface area contributed by atoms with E-state index in [2.05, 4.69) is 5.32 Å². The molecule has 132 valence electrons. The van der Waals surface area contributed by atoms with Crippen LogP contribution in [0.15, 0.2) is 54.6 Å². The van der Waals surface area contributed by atoms with E-state index >= 15 is 0 Å². The van der Waals surface area contributed by atoms with E-state index in [0.717, 1.165) is 17.1 Å². The molecule has 5 nitrogen and oxygen atoms in total. The number of nitrogens with zero attached hydrogens (tertiary/aromatic N) is 2. The summed E-state index contributed by atoms with van der Waals surface area (Å²) in [5, 5.41) is 2.91. The lowest BCUT2D eigenvalue weighted by Crippen LogP contribution is -2.28. The van der Waals surface area contributed by atoms with Crippen molar-refractivity contribution in [3.05, 3.63) is 54.6 Å². The monoisotopic (exact) mass is 359 g/mol. The lowest BCUT2D eigenvalue weighted by molar-refractivity contribution is -0.122. The minimum absolute atomic E-state index is 0. The Morgan fingerprint density at radius 3 is 2.32 bits per heavy atom. The van der Waals surface area contributed by atoms with E-state index in [9.17, 15) is 9.59 Å². The summed E-state index contributed by atoms with van der Waals surface area (Å²) in [7, 11) is 3.94. The molecule has 0 radical (unpaired) electrons. The molecule has 6 heteroatoms. The van der Waals surface area contributed by atoms with Crippen LogP contribution < -0.4 is 15.1 Å². The molecule has 0 bridgehead atoms. The van der Waals surface area contributed by atoms with E-state index in [1.54, 1.807) is 4.90 Å². The summed E-state index contributed by atoms with van der Waals surface area (Å²) in [6.07, 6.45) is 0.247. The quantitative estimate of drug-likeness (QED) is 0.912. The van der Waals surface area contributed by atoms with Gasteiger partial charge in [-0.25, -0.2) is 0 Å². The Bertz CT molecular complexity index is 732. The molecule has 1 heterocycles. The van der Waals surface area contributed by atoms with Crippen LogP contribution in [0.2, 0.25) is 0 Å². The van der Waals surface area contributed by atoms with Crippen LogP contribution in [0, 0.1) is 5.92 Å². The van der Waals surface area contributed by atoms with E-state index < -0.39 is 0 Å². The Kier molecular flexibility index (Phi) is 6.04. The lowest BCUT2D eigenvalue weighted by atomic mass is 10.1. The van der Waals surface area contributed by atoms with Gasteiger partial charge in [-0.3, -0.25) is 9.59 Å². The van der Waals surface area contributed by atoms with Gasteiger partial charge in [0.25, 0.3) is 0 Å². The molecule has 1 saturated heterocycles. The molecule has 0 aliphatic carbocycles. The Morgan fingerprint density at radius 2 is 1.72 bits per heavy atom. The smallest absolute Gasteiger partial charge is 0.229 e. The largest absolute Gasteiger partial charge is 0.378 e. The maximum absolute atomic E-state index is 12.5. The summed E-state index contributed by atoms with van der Waals surface area (Å²) in [6, 6.07) is 17.1. The number of carbonyl (C=O) groups is 2. The minimum atomic E-state index is -0.328. The molecule has 25 heavy (non-hydrogen) atoms. The SMILES string of the molecule is CN(C)c1ccc(NC(=O)C2CC(=O)N(c3ccccc3)C2)cc1.Cl. The summed E-state index contributed by atoms with van der Waals surface area (Å²) in [5.74, 6) is -0.449. The van der Waals surface area contributed by atoms with Crippen LogP contribution in [0.5, 0.6) is 0 Å². The van der Waals surface area contributed by atoms with Gasteiger partial charge in [-0.2, -0.15) is 0 Å². The topological polar surface area (TPSA) is 52.7 Å². The third kappa shape index (κ3) is 4.31. The number of hydrogen-bond donors (Lipinski definition) is 1. The highest BCUT2D eigenvalue weighted by molar-refractivity contribution is 6.03. The van der Waals surface area contributed by atoms with Gasteiger partial charge in [0.05, 0.1) is 5.92 Å². The van der Waals surface area contributed by atoms with Crippen LogP contribution >= 0.6 is 12.4 Å². The molecule has 2 aromatic rings. The summed E-state index contributed by atoms with van der Waals surface area (Å²) < 4.78 is 0. The van der Waals surface area contributed by atoms with E-state index in [-0.39, 0.29) is 36.6 Å². The van der Waals surface area contributed by atoms with Crippen LogP contribution in [0.1, 0.15) is 6.42 Å². The number of halogens is 1. The van der Waals surface area contributed by atoms with Gasteiger partial charge in [0.15, 0.2) is 0 Å². The van der Waals surface area contributed by atoms with Gasteiger partial charge in [-0.1, -0.05) is 18.2 Å². The fourth-order valence-electron chi connectivity index (χ4n) is 2.83. The first-order valence-electron chi connectivity index (χ1n) is 7.98. The number of carbonyl (C=O) groups excluding carboxylic acids is 2. The molecule has 1 aliphatic rings. The number of rotatable bonds is 4. The molecule has 1 N–H and O–H groups in total. The van der Waals surface area contributed by atoms with Gasteiger partial charge >= 0.3 is 0 Å². The Morgan fingerprint density at radius 1 is 1.08 bits per heavy atom. The second-order valence-electron chi connectivity index (χ2n) is 6.17. The first kappa shape index (κ1) is 18.8. The third-order valence-electron chi connectivity index (χ3n) is 4.21. The van der Waals surface area contributed by atoms with Crippen molar-refractivity contribution in [1.29, 1.82) is 0 Å². The van der Waals surface area contributed by atoms with Gasteiger partial charge < -0.3 is 15.1 Å². The first-order chi connectivity index (χ1) is 11.5. The summed E-state index contributed by atoms with van der Waals surface area (Å²) in [6.45, 7) is 0.421. The van der Waals surface area contributed by atoms with Gasteiger partial charge in [0.1, 0.15) is 0 Å². The van der Waals surface area contributed by atoms with Crippen LogP contribution in [-0.2, 0) is 9.59 Å². The zero-order chi connectivity index (χ0) is 17.1. The molecule has 1 fully saturated rings. The van der Waals surface area contributed by atoms with Crippen molar-refractivity contribution in [2.45, 2.75) is 6.42 Å². The molecule has 0 spiro atoms. The number of benzene rings is 2. The molecular weight excluding hydrogens is 338 g/mol. The Hall–Kier alpha value is -2.53. The highest BCUT2D eigenvalue weighted by Crippen LogP contribution is 2.26. The molecular formula is C19H22ClN3O2. The number of hydrogen-bond acceptors (Lipinski definition) is 3. The predicted octanol–water partition coefficient (Wildman–Crippen LogP) is 3.17. The van der Waals surface area contributed by atoms with Crippen LogP contribution in [0.4, 0.5) is 17.1 Å². The average molecular weight is 360 g/mol. The van der Waals surface area contributed by atoms with E-state index in [1.807, 2.05) is 73.6 Å². The van der Waals surface area contributed by atoms with Gasteiger partial charge in [-0.05, 0) is 36.4 Å². The van der Waals surface area contributed by atoms with E-state index in [4.69, 9.17) is 0 Å². The van der Waals surface area contributed by atoms with Gasteiger partial charge in [0.2, 0.25) is 11.8 Å². The van der Waals surface area contributed by atoms with Crippen molar-refractivity contribution in [3.8, 4) is 0 Å². The maximum Gasteiger partial charge on any atom is 0.229 e. The Balaban J connectivity index is 0.00000225. The maximum atomic E-state index is 12.5. The zero-order valence-electron chi connectivity index (χ0n) is 14.3. The van der Waals surface area contributed by atoms with Crippen molar-refractivity contribution in [2.75, 3.05) is 35.8 Å². The predicted molar refractivity (Wildman–Crippen MR) is 104 cm³/mol. The van der Waals surface area contributed by atoms with Crippen molar-refractivity contribution >= 4 is 41.3 Å². The van der Waals surface area contributed by atoms with E-state index in [1.165, 1.54) is 0 Å². The van der Waals surface area contributed by atoms with Crippen molar-refractivity contribution in [1.82, 2.24) is 0 Å². The molecule has 2 amide bonds. The number of anilines is 3. The van der Waals surface area contributed by atoms with Crippen molar-refractivity contribution in [2.24, 2.45) is 5.92 Å². The molecule has 1 aliphatic heterocycles. The highest BCUT2D eigenvalue weighted by atomic mass is 35.5. The van der Waals surface area contributed by atoms with Crippen molar-refractivity contribution < 1.29 is 9.59 Å².